The van der Waals surface area contributed by atoms with Crippen LogP contribution in [0.4, 0.5) is 0 Å². The normalized spacial score (nSPS) is 29.4. The molecule has 1 atom stereocenters. The molecular formula is C17H31ClP+. The summed E-state index contributed by atoms with van der Waals surface area (Å²) >= 11 is 6.99. The Morgan fingerprint density at radius 3 is 1.16 bits per heavy atom. The Labute approximate surface area is 125 Å². The molecular weight excluding hydrogens is 271 g/mol. The van der Waals surface area contributed by atoms with Crippen molar-refractivity contribution in [1.29, 1.82) is 0 Å². The second kappa shape index (κ2) is 6.23. The largest absolute Gasteiger partial charge is 0.140 e. The summed E-state index contributed by atoms with van der Waals surface area (Å²) in [5, 5.41) is 0.502. The molecule has 0 nitrogen and oxygen atoms in total. The van der Waals surface area contributed by atoms with Gasteiger partial charge in [-0.15, -0.1) is 0 Å². The average molecular weight is 302 g/mol. The first-order valence-electron chi connectivity index (χ1n) is 8.78. The van der Waals surface area contributed by atoms with Gasteiger partial charge in [0.2, 0.25) is 0 Å². The zero-order valence-corrected chi connectivity index (χ0v) is 14.3. The third kappa shape index (κ3) is 2.50. The van der Waals surface area contributed by atoms with Gasteiger partial charge in [0.1, 0.15) is 5.12 Å². The lowest BCUT2D eigenvalue weighted by atomic mass is 10.3. The maximum atomic E-state index is 6.99. The van der Waals surface area contributed by atoms with Gasteiger partial charge in [0.25, 0.3) is 0 Å². The number of alkyl halides is 1. The predicted molar refractivity (Wildman–Crippen MR) is 89.0 cm³/mol. The maximum absolute atomic E-state index is 6.99. The van der Waals surface area contributed by atoms with Crippen molar-refractivity contribution in [2.24, 2.45) is 0 Å². The second-order valence-corrected chi connectivity index (χ2v) is 13.0. The molecule has 3 aliphatic rings. The summed E-state index contributed by atoms with van der Waals surface area (Å²) in [5.41, 5.74) is 3.18. The minimum Gasteiger partial charge on any atom is -0.0789 e. The summed E-state index contributed by atoms with van der Waals surface area (Å²) in [6.45, 7) is 2.39. The molecule has 0 heterocycles. The molecule has 0 unspecified atom stereocenters. The van der Waals surface area contributed by atoms with E-state index in [2.05, 4.69) is 6.92 Å². The Kier molecular flexibility index (Phi) is 4.80. The van der Waals surface area contributed by atoms with Crippen molar-refractivity contribution >= 4 is 18.9 Å². The number of rotatable bonds is 4. The SMILES string of the molecule is C[C@H](Cl)[P+](C1CCCC1)(C1CCCC1)C1CCCC1. The molecule has 0 radical (unpaired) electrons. The van der Waals surface area contributed by atoms with Gasteiger partial charge in [-0.3, -0.25) is 0 Å². The molecule has 2 heteroatoms. The molecule has 3 saturated carbocycles. The summed E-state index contributed by atoms with van der Waals surface area (Å²) in [7, 11) is -0.946. The zero-order chi connectivity index (χ0) is 13.3. The van der Waals surface area contributed by atoms with E-state index < -0.39 is 7.26 Å². The van der Waals surface area contributed by atoms with Gasteiger partial charge in [-0.1, -0.05) is 11.6 Å². The van der Waals surface area contributed by atoms with Gasteiger partial charge in [-0.25, -0.2) is 0 Å². The number of halogens is 1. The average Bonchev–Trinajstić information content (AvgIpc) is 3.15. The van der Waals surface area contributed by atoms with E-state index in [4.69, 9.17) is 11.6 Å². The summed E-state index contributed by atoms with van der Waals surface area (Å²) in [6, 6.07) is 0. The van der Waals surface area contributed by atoms with E-state index in [1.165, 1.54) is 77.0 Å². The maximum Gasteiger partial charge on any atom is 0.140 e. The van der Waals surface area contributed by atoms with E-state index in [1.807, 2.05) is 0 Å². The van der Waals surface area contributed by atoms with Crippen LogP contribution in [0, 0.1) is 0 Å². The topological polar surface area (TPSA) is 0 Å². The van der Waals surface area contributed by atoms with Gasteiger partial charge in [0.05, 0.1) is 17.0 Å². The Morgan fingerprint density at radius 2 is 0.947 bits per heavy atom. The van der Waals surface area contributed by atoms with Gasteiger partial charge in [0, 0.05) is 7.26 Å². The first-order valence-corrected chi connectivity index (χ1v) is 11.3. The van der Waals surface area contributed by atoms with E-state index in [0.29, 0.717) is 5.12 Å². The van der Waals surface area contributed by atoms with E-state index in [1.54, 1.807) is 0 Å². The van der Waals surface area contributed by atoms with Crippen LogP contribution in [0.2, 0.25) is 0 Å². The van der Waals surface area contributed by atoms with Gasteiger partial charge in [-0.2, -0.15) is 0 Å². The van der Waals surface area contributed by atoms with Gasteiger partial charge in [0.15, 0.2) is 0 Å². The van der Waals surface area contributed by atoms with Crippen LogP contribution in [0.15, 0.2) is 0 Å². The Hall–Kier alpha value is 0.720. The lowest BCUT2D eigenvalue weighted by Crippen LogP contribution is -2.33. The fraction of sp³-hybridized carbons (Fsp3) is 1.00. The fourth-order valence-corrected chi connectivity index (χ4v) is 14.6. The standard InChI is InChI=1S/C17H31ClP/c1-14(18)19(15-8-2-3-9-15,16-10-4-5-11-16)17-12-6-7-13-17/h14-17H,2-13H2,1H3/q+1/t14-/m1/s1. The van der Waals surface area contributed by atoms with E-state index in [0.717, 1.165) is 17.0 Å². The predicted octanol–water partition coefficient (Wildman–Crippen LogP) is 6.42. The van der Waals surface area contributed by atoms with Crippen LogP contribution in [0.5, 0.6) is 0 Å². The van der Waals surface area contributed by atoms with Crippen LogP contribution in [0.1, 0.15) is 84.0 Å². The molecule has 19 heavy (non-hydrogen) atoms. The van der Waals surface area contributed by atoms with Crippen molar-refractivity contribution in [3.63, 3.8) is 0 Å². The fourth-order valence-electron chi connectivity index (χ4n) is 5.82. The van der Waals surface area contributed by atoms with Crippen molar-refractivity contribution < 1.29 is 0 Å². The smallest absolute Gasteiger partial charge is 0.0789 e. The van der Waals surface area contributed by atoms with Crippen molar-refractivity contribution in [2.45, 2.75) is 106 Å². The van der Waals surface area contributed by atoms with Crippen LogP contribution in [0.25, 0.3) is 0 Å². The molecule has 0 spiro atoms. The van der Waals surface area contributed by atoms with Gasteiger partial charge in [-0.05, 0) is 84.0 Å². The molecule has 0 N–H and O–H groups in total. The van der Waals surface area contributed by atoms with Crippen LogP contribution in [-0.4, -0.2) is 22.1 Å². The van der Waals surface area contributed by atoms with Crippen molar-refractivity contribution in [3.8, 4) is 0 Å². The highest BCUT2D eigenvalue weighted by Gasteiger charge is 2.61. The quantitative estimate of drug-likeness (QED) is 0.415. The molecule has 0 aromatic heterocycles. The first-order chi connectivity index (χ1) is 9.26. The monoisotopic (exact) mass is 301 g/mol. The number of hydrogen-bond acceptors (Lipinski definition) is 0. The molecule has 0 saturated heterocycles. The molecule has 3 rings (SSSR count). The summed E-state index contributed by atoms with van der Waals surface area (Å²) < 4.78 is 0. The molecule has 0 bridgehead atoms. The highest BCUT2D eigenvalue weighted by Crippen LogP contribution is 2.81. The Bertz CT molecular complexity index is 243. The third-order valence-corrected chi connectivity index (χ3v) is 14.1. The molecule has 3 aliphatic carbocycles. The minimum atomic E-state index is -0.946. The third-order valence-electron chi connectivity index (χ3n) is 6.49. The molecule has 0 aromatic rings. The molecule has 0 aromatic carbocycles. The Morgan fingerprint density at radius 1 is 0.684 bits per heavy atom. The van der Waals surface area contributed by atoms with Crippen LogP contribution in [0.3, 0.4) is 0 Å². The highest BCUT2D eigenvalue weighted by atomic mass is 35.5. The van der Waals surface area contributed by atoms with E-state index in [9.17, 15) is 0 Å². The second-order valence-electron chi connectivity index (χ2n) is 7.28. The molecule has 110 valence electrons. The number of hydrogen-bond donors (Lipinski definition) is 0. The van der Waals surface area contributed by atoms with E-state index >= 15 is 0 Å². The summed E-state index contributed by atoms with van der Waals surface area (Å²) in [4.78, 5) is 0. The van der Waals surface area contributed by atoms with Gasteiger partial charge >= 0.3 is 0 Å². The Balaban J connectivity index is 1.93. The lowest BCUT2D eigenvalue weighted by molar-refractivity contribution is 0.743. The molecule has 0 amide bonds. The van der Waals surface area contributed by atoms with Crippen LogP contribution < -0.4 is 0 Å². The highest BCUT2D eigenvalue weighted by molar-refractivity contribution is 7.79. The van der Waals surface area contributed by atoms with Crippen LogP contribution in [-0.2, 0) is 0 Å². The summed E-state index contributed by atoms with van der Waals surface area (Å²) in [6.07, 6.45) is 18.1. The zero-order valence-electron chi connectivity index (χ0n) is 12.6. The van der Waals surface area contributed by atoms with E-state index in [-0.39, 0.29) is 0 Å². The molecule has 0 aliphatic heterocycles. The minimum absolute atomic E-state index is 0.502. The van der Waals surface area contributed by atoms with Gasteiger partial charge < -0.3 is 0 Å². The first kappa shape index (κ1) is 14.6. The lowest BCUT2D eigenvalue weighted by Gasteiger charge is -2.44. The van der Waals surface area contributed by atoms with Crippen LogP contribution >= 0.6 is 18.9 Å². The van der Waals surface area contributed by atoms with Crippen molar-refractivity contribution in [3.05, 3.63) is 0 Å². The van der Waals surface area contributed by atoms with Crippen molar-refractivity contribution in [2.75, 3.05) is 0 Å². The van der Waals surface area contributed by atoms with Crippen molar-refractivity contribution in [1.82, 2.24) is 0 Å². The summed E-state index contributed by atoms with van der Waals surface area (Å²) in [5.74, 6) is 0. The molecule has 3 fully saturated rings.